The van der Waals surface area contributed by atoms with Gasteiger partial charge >= 0.3 is 0 Å². The molecule has 1 heterocycles. The number of amides is 1. The molecule has 3 rings (SSSR count). The van der Waals surface area contributed by atoms with Crippen molar-refractivity contribution in [3.63, 3.8) is 0 Å². The number of ether oxygens (including phenoxy) is 1. The minimum Gasteiger partial charge on any atom is -0.478 e. The number of carbonyl (C=O) groups is 1. The maximum Gasteiger partial charge on any atom is 0.290 e. The molecule has 0 saturated heterocycles. The van der Waals surface area contributed by atoms with Gasteiger partial charge in [-0.15, -0.1) is 0 Å². The van der Waals surface area contributed by atoms with Crippen LogP contribution in [0.25, 0.3) is 0 Å². The standard InChI is InChI=1S/C17H13N3O4/c1-11-17(21)19(10-12-5-3-2-4-6-12)15-7-13(9-18)14(20(22)23)8-16(15)24-11/h2-8,11H,10H2,1H3/t11-/m1/s1. The Morgan fingerprint density at radius 1 is 1.33 bits per heavy atom. The lowest BCUT2D eigenvalue weighted by Gasteiger charge is -2.33. The van der Waals surface area contributed by atoms with Gasteiger partial charge in [0.1, 0.15) is 11.6 Å². The number of hydrogen-bond donors (Lipinski definition) is 0. The predicted octanol–water partition coefficient (Wildman–Crippen LogP) is 2.78. The third-order valence-corrected chi connectivity index (χ3v) is 3.79. The fourth-order valence-electron chi connectivity index (χ4n) is 2.61. The summed E-state index contributed by atoms with van der Waals surface area (Å²) in [5, 5.41) is 20.3. The van der Waals surface area contributed by atoms with Crippen LogP contribution in [0.5, 0.6) is 5.75 Å². The first kappa shape index (κ1) is 15.5. The molecule has 1 aliphatic rings. The molecule has 0 aliphatic carbocycles. The molecule has 1 aliphatic heterocycles. The predicted molar refractivity (Wildman–Crippen MR) is 85.5 cm³/mol. The number of carbonyl (C=O) groups excluding carboxylic acids is 1. The number of nitriles is 1. The second kappa shape index (κ2) is 6.01. The smallest absolute Gasteiger partial charge is 0.290 e. The molecule has 0 unspecified atom stereocenters. The summed E-state index contributed by atoms with van der Waals surface area (Å²) in [7, 11) is 0. The van der Waals surface area contributed by atoms with Crippen molar-refractivity contribution in [2.24, 2.45) is 0 Å². The van der Waals surface area contributed by atoms with E-state index in [2.05, 4.69) is 0 Å². The fourth-order valence-corrected chi connectivity index (χ4v) is 2.61. The van der Waals surface area contributed by atoms with Gasteiger partial charge < -0.3 is 9.64 Å². The highest BCUT2D eigenvalue weighted by molar-refractivity contribution is 6.00. The SMILES string of the molecule is C[C@H]1Oc2cc([N+](=O)[O-])c(C#N)cc2N(Cc2ccccc2)C1=O. The average Bonchev–Trinajstić information content (AvgIpc) is 2.58. The Hall–Kier alpha value is -3.40. The number of nitrogens with zero attached hydrogens (tertiary/aromatic N) is 3. The largest absolute Gasteiger partial charge is 0.478 e. The van der Waals surface area contributed by atoms with Crippen molar-refractivity contribution in [2.45, 2.75) is 19.6 Å². The summed E-state index contributed by atoms with van der Waals surface area (Å²) in [6.07, 6.45) is -0.756. The Morgan fingerprint density at radius 3 is 2.67 bits per heavy atom. The minimum absolute atomic E-state index is 0.109. The molecule has 120 valence electrons. The molecule has 0 spiro atoms. The van der Waals surface area contributed by atoms with Gasteiger partial charge in [0.15, 0.2) is 11.9 Å². The summed E-state index contributed by atoms with van der Waals surface area (Å²) in [6.45, 7) is 1.89. The van der Waals surface area contributed by atoms with Gasteiger partial charge in [-0.05, 0) is 18.6 Å². The van der Waals surface area contributed by atoms with E-state index in [-0.39, 0.29) is 22.9 Å². The van der Waals surface area contributed by atoms with Crippen LogP contribution in [-0.2, 0) is 11.3 Å². The van der Waals surface area contributed by atoms with Gasteiger partial charge in [0.05, 0.1) is 23.2 Å². The van der Waals surface area contributed by atoms with E-state index >= 15 is 0 Å². The zero-order valence-corrected chi connectivity index (χ0v) is 12.8. The summed E-state index contributed by atoms with van der Waals surface area (Å²) in [5.41, 5.74) is 0.826. The summed E-state index contributed by atoms with van der Waals surface area (Å²) < 4.78 is 5.50. The van der Waals surface area contributed by atoms with Crippen LogP contribution >= 0.6 is 0 Å². The molecule has 0 fully saturated rings. The van der Waals surface area contributed by atoms with Crippen LogP contribution < -0.4 is 9.64 Å². The van der Waals surface area contributed by atoms with E-state index in [0.717, 1.165) is 5.56 Å². The minimum atomic E-state index is -0.756. The van der Waals surface area contributed by atoms with Crippen LogP contribution in [0, 0.1) is 21.4 Å². The number of benzene rings is 2. The van der Waals surface area contributed by atoms with Gasteiger partial charge in [0, 0.05) is 0 Å². The summed E-state index contributed by atoms with van der Waals surface area (Å²) in [6, 6.07) is 13.7. The average molecular weight is 323 g/mol. The first-order valence-corrected chi connectivity index (χ1v) is 7.25. The molecule has 0 bridgehead atoms. The molecular formula is C17H13N3O4. The van der Waals surface area contributed by atoms with Gasteiger partial charge in [-0.1, -0.05) is 30.3 Å². The lowest BCUT2D eigenvalue weighted by Crippen LogP contribution is -2.44. The maximum absolute atomic E-state index is 12.5. The Morgan fingerprint density at radius 2 is 2.04 bits per heavy atom. The topological polar surface area (TPSA) is 96.5 Å². The number of nitro groups is 1. The van der Waals surface area contributed by atoms with Crippen molar-refractivity contribution < 1.29 is 14.5 Å². The van der Waals surface area contributed by atoms with Gasteiger partial charge in [-0.3, -0.25) is 14.9 Å². The molecule has 0 radical (unpaired) electrons. The highest BCUT2D eigenvalue weighted by Crippen LogP contribution is 2.39. The molecule has 1 atom stereocenters. The van der Waals surface area contributed by atoms with Gasteiger partial charge in [0.25, 0.3) is 11.6 Å². The Labute approximate surface area is 137 Å². The van der Waals surface area contributed by atoms with Gasteiger partial charge in [-0.2, -0.15) is 5.26 Å². The molecule has 2 aromatic carbocycles. The van der Waals surface area contributed by atoms with Crippen LogP contribution in [0.4, 0.5) is 11.4 Å². The second-order valence-corrected chi connectivity index (χ2v) is 5.38. The molecular weight excluding hydrogens is 310 g/mol. The van der Waals surface area contributed by atoms with Crippen LogP contribution in [-0.4, -0.2) is 16.9 Å². The maximum atomic E-state index is 12.5. The normalized spacial score (nSPS) is 16.1. The molecule has 0 aromatic heterocycles. The van der Waals surface area contributed by atoms with Gasteiger partial charge in [-0.25, -0.2) is 0 Å². The Balaban J connectivity index is 2.10. The zero-order valence-electron chi connectivity index (χ0n) is 12.8. The number of rotatable bonds is 3. The first-order valence-electron chi connectivity index (χ1n) is 7.25. The van der Waals surface area contributed by atoms with Crippen molar-refractivity contribution in [2.75, 3.05) is 4.90 Å². The van der Waals surface area contributed by atoms with Crippen molar-refractivity contribution >= 4 is 17.3 Å². The highest BCUT2D eigenvalue weighted by atomic mass is 16.6. The van der Waals surface area contributed by atoms with Crippen LogP contribution in [0.2, 0.25) is 0 Å². The lowest BCUT2D eigenvalue weighted by molar-refractivity contribution is -0.385. The van der Waals surface area contributed by atoms with Crippen molar-refractivity contribution in [3.05, 3.63) is 63.7 Å². The Bertz CT molecular complexity index is 858. The second-order valence-electron chi connectivity index (χ2n) is 5.38. The molecule has 7 nitrogen and oxygen atoms in total. The molecule has 0 saturated carbocycles. The monoisotopic (exact) mass is 323 g/mol. The van der Waals surface area contributed by atoms with E-state index in [9.17, 15) is 14.9 Å². The zero-order chi connectivity index (χ0) is 17.3. The number of fused-ring (bicyclic) bond motifs is 1. The van der Waals surface area contributed by atoms with Gasteiger partial charge in [0.2, 0.25) is 0 Å². The van der Waals surface area contributed by atoms with Crippen molar-refractivity contribution in [1.82, 2.24) is 0 Å². The molecule has 1 amide bonds. The first-order chi connectivity index (χ1) is 11.5. The Kier molecular flexibility index (Phi) is 3.88. The van der Waals surface area contributed by atoms with E-state index in [1.807, 2.05) is 30.3 Å². The third-order valence-electron chi connectivity index (χ3n) is 3.79. The summed E-state index contributed by atoms with van der Waals surface area (Å²) in [4.78, 5) is 24.5. The number of hydrogen-bond acceptors (Lipinski definition) is 5. The quantitative estimate of drug-likeness (QED) is 0.639. The molecule has 7 heteroatoms. The molecule has 0 N–H and O–H groups in total. The van der Waals surface area contributed by atoms with E-state index in [4.69, 9.17) is 10.00 Å². The number of anilines is 1. The fraction of sp³-hybridized carbons (Fsp3) is 0.176. The lowest BCUT2D eigenvalue weighted by atomic mass is 10.1. The molecule has 24 heavy (non-hydrogen) atoms. The van der Waals surface area contributed by atoms with E-state index in [0.29, 0.717) is 12.2 Å². The van der Waals surface area contributed by atoms with Crippen LogP contribution in [0.1, 0.15) is 18.1 Å². The van der Waals surface area contributed by atoms with Crippen LogP contribution in [0.15, 0.2) is 42.5 Å². The summed E-state index contributed by atoms with van der Waals surface area (Å²) in [5.74, 6) is -0.0344. The highest BCUT2D eigenvalue weighted by Gasteiger charge is 2.34. The number of nitro benzene ring substituents is 1. The van der Waals surface area contributed by atoms with E-state index in [1.54, 1.807) is 13.0 Å². The molecule has 2 aromatic rings. The van der Waals surface area contributed by atoms with Crippen molar-refractivity contribution in [3.8, 4) is 11.8 Å². The van der Waals surface area contributed by atoms with E-state index < -0.39 is 11.0 Å². The van der Waals surface area contributed by atoms with E-state index in [1.165, 1.54) is 17.0 Å². The third kappa shape index (κ3) is 2.65. The van der Waals surface area contributed by atoms with Crippen LogP contribution in [0.3, 0.4) is 0 Å². The summed E-state index contributed by atoms with van der Waals surface area (Å²) >= 11 is 0. The van der Waals surface area contributed by atoms with Crippen molar-refractivity contribution in [1.29, 1.82) is 5.26 Å².